The Kier molecular flexibility index (Phi) is 5.86. The van der Waals surface area contributed by atoms with Gasteiger partial charge in [-0.3, -0.25) is 0 Å². The topological polar surface area (TPSA) is 50.7 Å². The van der Waals surface area contributed by atoms with Crippen molar-refractivity contribution in [3.05, 3.63) is 59.2 Å². The molecule has 0 saturated heterocycles. The van der Waals surface area contributed by atoms with Crippen molar-refractivity contribution >= 4 is 0 Å². The van der Waals surface area contributed by atoms with Crippen LogP contribution in [-0.4, -0.2) is 25.9 Å². The second kappa shape index (κ2) is 7.69. The third-order valence-corrected chi connectivity index (χ3v) is 4.39. The second-order valence-electron chi connectivity index (χ2n) is 6.31. The van der Waals surface area contributed by atoms with Gasteiger partial charge >= 0.3 is 0 Å². The Morgan fingerprint density at radius 3 is 2.25 bits per heavy atom. The number of rotatable bonds is 7. The number of nitrogens with one attached hydrogen (secondary N) is 1. The first-order valence-electron chi connectivity index (χ1n) is 8.13. The van der Waals surface area contributed by atoms with Gasteiger partial charge in [-0.05, 0) is 49.6 Å². The summed E-state index contributed by atoms with van der Waals surface area (Å²) in [7, 11) is 3.27. The number of ether oxygens (including phenoxy) is 2. The first-order valence-corrected chi connectivity index (χ1v) is 8.13. The van der Waals surface area contributed by atoms with Gasteiger partial charge in [0.25, 0.3) is 0 Å². The van der Waals surface area contributed by atoms with E-state index in [1.165, 1.54) is 0 Å². The molecule has 0 spiro atoms. The number of hydrogen-bond donors (Lipinski definition) is 2. The van der Waals surface area contributed by atoms with E-state index in [1.54, 1.807) is 14.2 Å². The van der Waals surface area contributed by atoms with Crippen LogP contribution in [0.15, 0.2) is 42.5 Å². The number of aryl methyl sites for hydroxylation is 1. The van der Waals surface area contributed by atoms with Crippen LogP contribution in [0.3, 0.4) is 0 Å². The molecule has 0 bridgehead atoms. The fraction of sp³-hybridized carbons (Fsp3) is 0.400. The molecule has 0 aliphatic rings. The summed E-state index contributed by atoms with van der Waals surface area (Å²) in [6.45, 7) is 6.40. The highest BCUT2D eigenvalue weighted by Gasteiger charge is 2.24. The van der Waals surface area contributed by atoms with E-state index in [4.69, 9.17) is 9.47 Å². The normalized spacial score (nSPS) is 14.8. The van der Waals surface area contributed by atoms with E-state index in [1.807, 2.05) is 56.3 Å². The molecule has 0 radical (unpaired) electrons. The van der Waals surface area contributed by atoms with Gasteiger partial charge in [-0.1, -0.05) is 30.3 Å². The van der Waals surface area contributed by atoms with Crippen LogP contribution in [0.4, 0.5) is 0 Å². The maximum atomic E-state index is 10.7. The summed E-state index contributed by atoms with van der Waals surface area (Å²) in [5, 5.41) is 14.1. The zero-order valence-corrected chi connectivity index (χ0v) is 15.1. The molecule has 0 amide bonds. The summed E-state index contributed by atoms with van der Waals surface area (Å²) in [4.78, 5) is 0. The van der Waals surface area contributed by atoms with Crippen molar-refractivity contribution in [2.24, 2.45) is 0 Å². The smallest absolute Gasteiger partial charge is 0.161 e. The van der Waals surface area contributed by atoms with Crippen LogP contribution in [0.25, 0.3) is 0 Å². The lowest BCUT2D eigenvalue weighted by atomic mass is 9.95. The summed E-state index contributed by atoms with van der Waals surface area (Å²) in [6, 6.07) is 13.7. The lowest BCUT2D eigenvalue weighted by Crippen LogP contribution is -2.36. The summed E-state index contributed by atoms with van der Waals surface area (Å²) in [5.74, 6) is 1.43. The van der Waals surface area contributed by atoms with Crippen LogP contribution in [-0.2, 0) is 5.60 Å². The van der Waals surface area contributed by atoms with Gasteiger partial charge in [0.05, 0.1) is 19.8 Å². The Bertz CT molecular complexity index is 668. The van der Waals surface area contributed by atoms with Crippen molar-refractivity contribution in [2.75, 3.05) is 20.8 Å². The summed E-state index contributed by atoms with van der Waals surface area (Å²) in [5.41, 5.74) is 2.21. The van der Waals surface area contributed by atoms with Crippen LogP contribution in [0.5, 0.6) is 11.5 Å². The summed E-state index contributed by atoms with van der Waals surface area (Å²) in [6.07, 6.45) is 0. The van der Waals surface area contributed by atoms with E-state index in [0.717, 1.165) is 22.4 Å². The van der Waals surface area contributed by atoms with Gasteiger partial charge in [-0.15, -0.1) is 0 Å². The standard InChI is InChI=1S/C20H27NO3/c1-14-11-18(23-4)19(24-5)12-17(14)15(2)21-13-20(3,22)16-9-7-6-8-10-16/h6-12,15,21-22H,13H2,1-5H3. The van der Waals surface area contributed by atoms with E-state index in [0.29, 0.717) is 12.3 Å². The maximum Gasteiger partial charge on any atom is 0.161 e. The molecule has 0 aromatic heterocycles. The van der Waals surface area contributed by atoms with Crippen molar-refractivity contribution in [3.8, 4) is 11.5 Å². The molecule has 2 aromatic carbocycles. The van der Waals surface area contributed by atoms with Gasteiger partial charge in [0.2, 0.25) is 0 Å². The largest absolute Gasteiger partial charge is 0.493 e. The predicted octanol–water partition coefficient (Wildman–Crippen LogP) is 3.57. The van der Waals surface area contributed by atoms with Gasteiger partial charge in [-0.2, -0.15) is 0 Å². The van der Waals surface area contributed by atoms with Gasteiger partial charge in [-0.25, -0.2) is 0 Å². The molecule has 2 unspecified atom stereocenters. The Labute approximate surface area is 144 Å². The Hall–Kier alpha value is -2.04. The van der Waals surface area contributed by atoms with Crippen LogP contribution in [0, 0.1) is 6.92 Å². The van der Waals surface area contributed by atoms with E-state index in [-0.39, 0.29) is 6.04 Å². The Balaban J connectivity index is 2.14. The van der Waals surface area contributed by atoms with Crippen molar-refractivity contribution < 1.29 is 14.6 Å². The molecule has 4 heteroatoms. The fourth-order valence-corrected chi connectivity index (χ4v) is 2.82. The Morgan fingerprint density at radius 1 is 1.08 bits per heavy atom. The molecular weight excluding hydrogens is 302 g/mol. The first-order chi connectivity index (χ1) is 11.4. The molecule has 0 fully saturated rings. The zero-order chi connectivity index (χ0) is 17.7. The van der Waals surface area contributed by atoms with Crippen LogP contribution in [0.2, 0.25) is 0 Å². The summed E-state index contributed by atoms with van der Waals surface area (Å²) >= 11 is 0. The minimum Gasteiger partial charge on any atom is -0.493 e. The van der Waals surface area contributed by atoms with Crippen molar-refractivity contribution in [1.29, 1.82) is 0 Å². The van der Waals surface area contributed by atoms with E-state index < -0.39 is 5.60 Å². The molecule has 0 aliphatic carbocycles. The van der Waals surface area contributed by atoms with Crippen molar-refractivity contribution in [1.82, 2.24) is 5.32 Å². The van der Waals surface area contributed by atoms with E-state index in [2.05, 4.69) is 12.2 Å². The van der Waals surface area contributed by atoms with Crippen LogP contribution in [0.1, 0.15) is 36.6 Å². The average molecular weight is 329 g/mol. The van der Waals surface area contributed by atoms with E-state index >= 15 is 0 Å². The maximum absolute atomic E-state index is 10.7. The number of methoxy groups -OCH3 is 2. The molecule has 24 heavy (non-hydrogen) atoms. The second-order valence-corrected chi connectivity index (χ2v) is 6.31. The van der Waals surface area contributed by atoms with Crippen molar-refractivity contribution in [2.45, 2.75) is 32.4 Å². The number of hydrogen-bond acceptors (Lipinski definition) is 4. The molecule has 2 N–H and O–H groups in total. The van der Waals surface area contributed by atoms with E-state index in [9.17, 15) is 5.11 Å². The quantitative estimate of drug-likeness (QED) is 0.815. The van der Waals surface area contributed by atoms with Gasteiger partial charge in [0, 0.05) is 12.6 Å². The highest BCUT2D eigenvalue weighted by Crippen LogP contribution is 2.33. The molecule has 2 aromatic rings. The minimum absolute atomic E-state index is 0.0694. The lowest BCUT2D eigenvalue weighted by Gasteiger charge is -2.27. The molecular formula is C20H27NO3. The molecule has 0 aliphatic heterocycles. The zero-order valence-electron chi connectivity index (χ0n) is 15.1. The van der Waals surface area contributed by atoms with Gasteiger partial charge in [0.15, 0.2) is 11.5 Å². The predicted molar refractivity (Wildman–Crippen MR) is 96.7 cm³/mol. The Morgan fingerprint density at radius 2 is 1.67 bits per heavy atom. The average Bonchev–Trinajstić information content (AvgIpc) is 2.60. The molecule has 0 saturated carbocycles. The number of benzene rings is 2. The lowest BCUT2D eigenvalue weighted by molar-refractivity contribution is 0.0543. The third-order valence-electron chi connectivity index (χ3n) is 4.39. The van der Waals surface area contributed by atoms with Crippen LogP contribution >= 0.6 is 0 Å². The highest BCUT2D eigenvalue weighted by atomic mass is 16.5. The highest BCUT2D eigenvalue weighted by molar-refractivity contribution is 5.48. The minimum atomic E-state index is -0.931. The SMILES string of the molecule is COc1cc(C)c(C(C)NCC(C)(O)c2ccccc2)cc1OC. The molecule has 0 heterocycles. The van der Waals surface area contributed by atoms with Crippen molar-refractivity contribution in [3.63, 3.8) is 0 Å². The molecule has 2 atom stereocenters. The number of aliphatic hydroxyl groups is 1. The molecule has 130 valence electrons. The third kappa shape index (κ3) is 4.08. The summed E-state index contributed by atoms with van der Waals surface area (Å²) < 4.78 is 10.7. The fourth-order valence-electron chi connectivity index (χ4n) is 2.82. The van der Waals surface area contributed by atoms with Gasteiger partial charge in [0.1, 0.15) is 0 Å². The monoisotopic (exact) mass is 329 g/mol. The molecule has 2 rings (SSSR count). The molecule has 4 nitrogen and oxygen atoms in total. The van der Waals surface area contributed by atoms with Crippen LogP contribution < -0.4 is 14.8 Å². The van der Waals surface area contributed by atoms with Gasteiger partial charge < -0.3 is 19.9 Å². The first kappa shape index (κ1) is 18.3.